The maximum atomic E-state index is 13.9. The third-order valence-corrected chi connectivity index (χ3v) is 5.54. The average Bonchev–Trinajstić information content (AvgIpc) is 3.29. The number of carbonyl (C=O) groups is 2. The fraction of sp³-hybridized carbons (Fsp3) is 0.0833. The summed E-state index contributed by atoms with van der Waals surface area (Å²) in [5.41, 5.74) is 1.76. The van der Waals surface area contributed by atoms with Crippen molar-refractivity contribution in [3.05, 3.63) is 94.4 Å². The van der Waals surface area contributed by atoms with Gasteiger partial charge in [-0.05, 0) is 36.4 Å². The zero-order chi connectivity index (χ0) is 24.4. The lowest BCUT2D eigenvalue weighted by Crippen LogP contribution is -2.43. The molecule has 4 aromatic rings. The zero-order valence-corrected chi connectivity index (χ0v) is 18.1. The molecule has 0 aliphatic heterocycles. The number of fused-ring (bicyclic) bond motifs is 1. The molecule has 0 bridgehead atoms. The van der Waals surface area contributed by atoms with Gasteiger partial charge in [0.2, 0.25) is 0 Å². The molecule has 1 atom stereocenters. The van der Waals surface area contributed by atoms with Gasteiger partial charge in [0.25, 0.3) is 5.91 Å². The molecule has 170 valence electrons. The Kier molecular flexibility index (Phi) is 6.25. The molecule has 0 aliphatic rings. The number of nitrogens with zero attached hydrogens (tertiary/aromatic N) is 3. The molecule has 4 rings (SSSR count). The predicted molar refractivity (Wildman–Crippen MR) is 119 cm³/mol. The normalized spacial score (nSPS) is 11.7. The number of benzene rings is 2. The molecule has 2 aromatic carbocycles. The lowest BCUT2D eigenvalue weighted by molar-refractivity contribution is -0.139. The molecule has 7 nitrogen and oxygen atoms in total. The van der Waals surface area contributed by atoms with E-state index in [-0.39, 0.29) is 6.42 Å². The van der Waals surface area contributed by atoms with Crippen LogP contribution in [-0.4, -0.2) is 32.4 Å². The minimum atomic E-state index is -1.47. The van der Waals surface area contributed by atoms with Gasteiger partial charge in [0.15, 0.2) is 0 Å². The summed E-state index contributed by atoms with van der Waals surface area (Å²) in [6.45, 7) is 0. The highest BCUT2D eigenvalue weighted by atomic mass is 35.5. The summed E-state index contributed by atoms with van der Waals surface area (Å²) in [6.07, 6.45) is 2.94. The second-order valence-electron chi connectivity index (χ2n) is 7.33. The van der Waals surface area contributed by atoms with Gasteiger partial charge in [-0.25, -0.2) is 18.6 Å². The first-order valence-corrected chi connectivity index (χ1v) is 10.3. The maximum absolute atomic E-state index is 13.9. The molecule has 0 saturated carbocycles. The fourth-order valence-corrected chi connectivity index (χ4v) is 3.89. The first kappa shape index (κ1) is 22.9. The van der Waals surface area contributed by atoms with Crippen molar-refractivity contribution in [1.82, 2.24) is 14.7 Å². The summed E-state index contributed by atoms with van der Waals surface area (Å²) >= 11 is 6.34. The average molecular weight is 481 g/mol. The number of nitriles is 1. The van der Waals surface area contributed by atoms with Crippen LogP contribution >= 0.6 is 11.6 Å². The largest absolute Gasteiger partial charge is 0.480 e. The van der Waals surface area contributed by atoms with Gasteiger partial charge in [0.1, 0.15) is 28.9 Å². The summed E-state index contributed by atoms with van der Waals surface area (Å²) in [4.78, 5) is 28.6. The third kappa shape index (κ3) is 4.31. The summed E-state index contributed by atoms with van der Waals surface area (Å²) in [5.74, 6) is -4.74. The molecule has 0 aliphatic carbocycles. The molecule has 2 aromatic heterocycles. The number of carboxylic acid groups (broad SMARTS) is 1. The van der Waals surface area contributed by atoms with Gasteiger partial charge in [-0.15, -0.1) is 0 Å². The van der Waals surface area contributed by atoms with Crippen LogP contribution in [0.1, 0.15) is 21.6 Å². The number of aromatic nitrogens is 2. The smallest absolute Gasteiger partial charge is 0.326 e. The molecular formula is C24H15ClF2N4O3. The molecule has 34 heavy (non-hydrogen) atoms. The van der Waals surface area contributed by atoms with Gasteiger partial charge in [0, 0.05) is 40.7 Å². The van der Waals surface area contributed by atoms with Gasteiger partial charge >= 0.3 is 5.97 Å². The number of hydrogen-bond acceptors (Lipinski definition) is 4. The molecule has 1 amide bonds. The first-order valence-electron chi connectivity index (χ1n) is 9.92. The van der Waals surface area contributed by atoms with Crippen LogP contribution in [0.4, 0.5) is 8.78 Å². The van der Waals surface area contributed by atoms with E-state index in [2.05, 4.69) is 10.3 Å². The van der Waals surface area contributed by atoms with Gasteiger partial charge in [-0.3, -0.25) is 4.79 Å². The Labute approximate surface area is 196 Å². The number of aliphatic carboxylic acids is 1. The SMILES string of the molecule is N#Cc1ccc(-c2ccc(CC(NC(=O)c3c(F)cccc3F)C(=O)O)n3ccnc23)c(Cl)c1. The Bertz CT molecular complexity index is 1460. The number of hydrogen-bond donors (Lipinski definition) is 2. The Hall–Kier alpha value is -4.29. The van der Waals surface area contributed by atoms with Crippen LogP contribution in [0.15, 0.2) is 60.9 Å². The summed E-state index contributed by atoms with van der Waals surface area (Å²) in [6, 6.07) is 11.6. The molecule has 2 heterocycles. The van der Waals surface area contributed by atoms with Gasteiger partial charge in [-0.2, -0.15) is 5.26 Å². The third-order valence-electron chi connectivity index (χ3n) is 5.23. The Morgan fingerprint density at radius 2 is 1.85 bits per heavy atom. The highest BCUT2D eigenvalue weighted by molar-refractivity contribution is 6.33. The van der Waals surface area contributed by atoms with Crippen LogP contribution in [0.2, 0.25) is 5.02 Å². The number of carbonyl (C=O) groups excluding carboxylic acids is 1. The van der Waals surface area contributed by atoms with Crippen molar-refractivity contribution < 1.29 is 23.5 Å². The van der Waals surface area contributed by atoms with E-state index >= 15 is 0 Å². The second-order valence-corrected chi connectivity index (χ2v) is 7.74. The van der Waals surface area contributed by atoms with Crippen molar-refractivity contribution in [2.75, 3.05) is 0 Å². The molecular weight excluding hydrogens is 466 g/mol. The number of nitrogens with one attached hydrogen (secondary N) is 1. The lowest BCUT2D eigenvalue weighted by atomic mass is 10.0. The van der Waals surface area contributed by atoms with Crippen LogP contribution in [0.25, 0.3) is 16.8 Å². The van der Waals surface area contributed by atoms with E-state index in [9.17, 15) is 23.5 Å². The van der Waals surface area contributed by atoms with E-state index in [0.29, 0.717) is 33.1 Å². The van der Waals surface area contributed by atoms with Gasteiger partial charge in [-0.1, -0.05) is 23.7 Å². The van der Waals surface area contributed by atoms with Crippen LogP contribution in [-0.2, 0) is 11.2 Å². The van der Waals surface area contributed by atoms with Gasteiger partial charge < -0.3 is 14.8 Å². The summed E-state index contributed by atoms with van der Waals surface area (Å²) in [5, 5.41) is 21.2. The number of halogens is 3. The van der Waals surface area contributed by atoms with Crippen molar-refractivity contribution in [2.45, 2.75) is 12.5 Å². The molecule has 0 fully saturated rings. The summed E-state index contributed by atoms with van der Waals surface area (Å²) in [7, 11) is 0. The van der Waals surface area contributed by atoms with E-state index in [4.69, 9.17) is 16.9 Å². The van der Waals surface area contributed by atoms with Crippen LogP contribution in [0, 0.1) is 23.0 Å². The number of rotatable bonds is 6. The molecule has 0 saturated heterocycles. The van der Waals surface area contributed by atoms with E-state index in [1.54, 1.807) is 34.9 Å². The highest BCUT2D eigenvalue weighted by Crippen LogP contribution is 2.32. The Morgan fingerprint density at radius 3 is 2.50 bits per heavy atom. The minimum Gasteiger partial charge on any atom is -0.480 e. The number of pyridine rings is 1. The predicted octanol–water partition coefficient (Wildman–Crippen LogP) is 4.23. The maximum Gasteiger partial charge on any atom is 0.326 e. The molecule has 10 heteroatoms. The Balaban J connectivity index is 1.67. The Morgan fingerprint density at radius 1 is 1.15 bits per heavy atom. The molecule has 1 unspecified atom stereocenters. The number of amides is 1. The topological polar surface area (TPSA) is 107 Å². The molecule has 2 N–H and O–H groups in total. The molecule has 0 radical (unpaired) electrons. The number of carboxylic acids is 1. The van der Waals surface area contributed by atoms with E-state index in [0.717, 1.165) is 18.2 Å². The minimum absolute atomic E-state index is 0.189. The van der Waals surface area contributed by atoms with Crippen molar-refractivity contribution in [3.63, 3.8) is 0 Å². The van der Waals surface area contributed by atoms with Crippen molar-refractivity contribution in [3.8, 4) is 17.2 Å². The van der Waals surface area contributed by atoms with Crippen molar-refractivity contribution in [2.24, 2.45) is 0 Å². The van der Waals surface area contributed by atoms with E-state index in [1.165, 1.54) is 12.3 Å². The van der Waals surface area contributed by atoms with Crippen LogP contribution < -0.4 is 5.32 Å². The van der Waals surface area contributed by atoms with E-state index in [1.807, 2.05) is 6.07 Å². The molecule has 0 spiro atoms. The first-order chi connectivity index (χ1) is 16.3. The standard InChI is InChI=1S/C24H15ClF2N4O3/c25-17-10-13(12-28)4-6-15(17)16-7-5-14(31-9-8-29-22(16)31)11-20(24(33)34)30-23(32)21-18(26)2-1-3-19(21)27/h1-10,20H,11H2,(H,30,32)(H,33,34). The fourth-order valence-electron chi connectivity index (χ4n) is 3.60. The highest BCUT2D eigenvalue weighted by Gasteiger charge is 2.26. The van der Waals surface area contributed by atoms with Crippen LogP contribution in [0.5, 0.6) is 0 Å². The quantitative estimate of drug-likeness (QED) is 0.429. The van der Waals surface area contributed by atoms with E-state index < -0.39 is 35.1 Å². The van der Waals surface area contributed by atoms with Crippen molar-refractivity contribution in [1.29, 1.82) is 5.26 Å². The monoisotopic (exact) mass is 480 g/mol. The van der Waals surface area contributed by atoms with Gasteiger partial charge in [0.05, 0.1) is 11.6 Å². The summed E-state index contributed by atoms with van der Waals surface area (Å²) < 4.78 is 29.5. The van der Waals surface area contributed by atoms with Crippen molar-refractivity contribution >= 4 is 29.1 Å². The second kappa shape index (κ2) is 9.29. The van der Waals surface area contributed by atoms with Crippen LogP contribution in [0.3, 0.4) is 0 Å². The lowest BCUT2D eigenvalue weighted by Gasteiger charge is -2.17. The zero-order valence-electron chi connectivity index (χ0n) is 17.3. The number of imidazole rings is 1.